The summed E-state index contributed by atoms with van der Waals surface area (Å²) in [5.41, 5.74) is 9.58. The Morgan fingerprint density at radius 1 is 0.464 bits per heavy atom. The van der Waals surface area contributed by atoms with Crippen molar-refractivity contribution in [3.63, 3.8) is 0 Å². The van der Waals surface area contributed by atoms with Gasteiger partial charge in [-0.1, -0.05) is 114 Å². The molecule has 2 heterocycles. The zero-order valence-corrected chi connectivity index (χ0v) is 33.3. The third kappa shape index (κ3) is 5.00. The van der Waals surface area contributed by atoms with E-state index in [0.29, 0.717) is 0 Å². The Kier molecular flexibility index (Phi) is 7.87. The fraction of sp³-hybridized carbons (Fsp3) is 0.480. The molecule has 0 spiro atoms. The van der Waals surface area contributed by atoms with Crippen LogP contribution in [0, 0.1) is 0 Å². The van der Waals surface area contributed by atoms with Gasteiger partial charge in [-0.25, -0.2) is 0 Å². The van der Waals surface area contributed by atoms with Crippen LogP contribution in [-0.2, 0) is 20.3 Å². The fourth-order valence-electron chi connectivity index (χ4n) is 12.7. The zero-order valence-electron chi connectivity index (χ0n) is 33.3. The number of benzene rings is 4. The van der Waals surface area contributed by atoms with Crippen molar-refractivity contribution in [3.05, 3.63) is 129 Å². The summed E-state index contributed by atoms with van der Waals surface area (Å²) in [6.45, 7) is 9.01. The van der Waals surface area contributed by atoms with E-state index in [1.807, 2.05) is 24.3 Å². The van der Waals surface area contributed by atoms with E-state index in [4.69, 9.17) is 9.47 Å². The van der Waals surface area contributed by atoms with E-state index in [-0.39, 0.29) is 71.0 Å². The van der Waals surface area contributed by atoms with Crippen molar-refractivity contribution < 1.29 is 19.1 Å². The summed E-state index contributed by atoms with van der Waals surface area (Å²) in [7, 11) is 0. The molecule has 8 unspecified atom stereocenters. The first kappa shape index (κ1) is 34.9. The van der Waals surface area contributed by atoms with Crippen molar-refractivity contribution >= 4 is 22.9 Å². The van der Waals surface area contributed by atoms with Crippen LogP contribution in [0.4, 0.5) is 11.4 Å². The molecule has 5 aliphatic carbocycles. The molecule has 3 saturated carbocycles. The number of ketones is 2. The van der Waals surface area contributed by atoms with Crippen LogP contribution in [-0.4, -0.2) is 60.1 Å². The molecule has 0 radical (unpaired) electrons. The number of rotatable bonds is 2. The summed E-state index contributed by atoms with van der Waals surface area (Å²) in [5, 5.41) is 0. The van der Waals surface area contributed by atoms with Gasteiger partial charge >= 0.3 is 0 Å². The van der Waals surface area contributed by atoms with E-state index in [9.17, 15) is 9.59 Å². The first-order chi connectivity index (χ1) is 27.1. The monoisotopic (exact) mass is 746 g/mol. The second kappa shape index (κ2) is 12.6. The van der Waals surface area contributed by atoms with Gasteiger partial charge in [-0.15, -0.1) is 0 Å². The highest BCUT2D eigenvalue weighted by Crippen LogP contribution is 2.50. The van der Waals surface area contributed by atoms with Crippen molar-refractivity contribution in [1.29, 1.82) is 0 Å². The molecular formula is C50H54N2O4. The predicted octanol–water partition coefficient (Wildman–Crippen LogP) is 9.69. The van der Waals surface area contributed by atoms with Gasteiger partial charge in [0.15, 0.2) is 11.6 Å². The average molecular weight is 747 g/mol. The highest BCUT2D eigenvalue weighted by molar-refractivity contribution is 6.14. The lowest BCUT2D eigenvalue weighted by Crippen LogP contribution is -2.71. The molecule has 0 aromatic heterocycles. The van der Waals surface area contributed by atoms with Gasteiger partial charge in [-0.05, 0) is 85.0 Å². The molecule has 8 atom stereocenters. The number of carbonyl (C=O) groups excluding carboxylic acids is 2. The molecule has 5 fully saturated rings. The molecule has 0 bridgehead atoms. The number of fused-ring (bicyclic) bond motifs is 8. The van der Waals surface area contributed by atoms with Crippen LogP contribution in [0.1, 0.15) is 146 Å². The van der Waals surface area contributed by atoms with Crippen LogP contribution < -0.4 is 9.80 Å². The van der Waals surface area contributed by atoms with Crippen molar-refractivity contribution in [3.8, 4) is 0 Å². The van der Waals surface area contributed by atoms with Gasteiger partial charge < -0.3 is 19.3 Å². The molecular weight excluding hydrogens is 693 g/mol. The van der Waals surface area contributed by atoms with Crippen LogP contribution in [0.15, 0.2) is 84.9 Å². The van der Waals surface area contributed by atoms with Gasteiger partial charge in [0.25, 0.3) is 0 Å². The van der Waals surface area contributed by atoms with Crippen LogP contribution in [0.5, 0.6) is 0 Å². The average Bonchev–Trinajstić information content (AvgIpc) is 3.22. The zero-order chi connectivity index (χ0) is 38.1. The lowest BCUT2D eigenvalue weighted by Gasteiger charge is -2.61. The normalized spacial score (nSPS) is 32.1. The molecule has 7 aliphatic rings. The van der Waals surface area contributed by atoms with Gasteiger partial charge in [0, 0.05) is 44.5 Å². The number of anilines is 2. The van der Waals surface area contributed by atoms with E-state index in [1.54, 1.807) is 0 Å². The van der Waals surface area contributed by atoms with Gasteiger partial charge in [-0.3, -0.25) is 9.59 Å². The molecule has 288 valence electrons. The second-order valence-corrected chi connectivity index (χ2v) is 19.0. The number of hydrogen-bond acceptors (Lipinski definition) is 6. The summed E-state index contributed by atoms with van der Waals surface area (Å²) >= 11 is 0. The minimum absolute atomic E-state index is 0.0378. The molecule has 11 rings (SSSR count). The summed E-state index contributed by atoms with van der Waals surface area (Å²) in [6.07, 6.45) is 11.3. The Morgan fingerprint density at radius 2 is 0.857 bits per heavy atom. The number of hydrogen-bond donors (Lipinski definition) is 0. The number of carbonyl (C=O) groups is 2. The van der Waals surface area contributed by atoms with Crippen LogP contribution >= 0.6 is 0 Å². The maximum Gasteiger partial charge on any atom is 0.193 e. The first-order valence-electron chi connectivity index (χ1n) is 21.6. The topological polar surface area (TPSA) is 59.1 Å². The molecule has 2 saturated heterocycles. The predicted molar refractivity (Wildman–Crippen MR) is 220 cm³/mol. The van der Waals surface area contributed by atoms with Crippen molar-refractivity contribution in [2.24, 2.45) is 0 Å². The molecule has 56 heavy (non-hydrogen) atoms. The molecule has 0 amide bonds. The molecule has 4 aromatic rings. The smallest absolute Gasteiger partial charge is 0.193 e. The molecule has 6 heteroatoms. The van der Waals surface area contributed by atoms with Crippen LogP contribution in [0.3, 0.4) is 0 Å². The molecule has 0 N–H and O–H groups in total. The van der Waals surface area contributed by atoms with Crippen molar-refractivity contribution in [2.75, 3.05) is 9.80 Å². The van der Waals surface area contributed by atoms with Crippen LogP contribution in [0.25, 0.3) is 0 Å². The molecule has 2 aliphatic heterocycles. The van der Waals surface area contributed by atoms with Gasteiger partial charge in [0.1, 0.15) is 0 Å². The summed E-state index contributed by atoms with van der Waals surface area (Å²) < 4.78 is 14.5. The summed E-state index contributed by atoms with van der Waals surface area (Å²) in [5.74, 6) is 0.269. The minimum atomic E-state index is -0.256. The Hall–Kier alpha value is -4.26. The third-order valence-corrected chi connectivity index (χ3v) is 15.4. The van der Waals surface area contributed by atoms with E-state index >= 15 is 0 Å². The van der Waals surface area contributed by atoms with Gasteiger partial charge in [-0.2, -0.15) is 0 Å². The lowest BCUT2D eigenvalue weighted by molar-refractivity contribution is -0.154. The highest BCUT2D eigenvalue weighted by atomic mass is 16.5. The fourth-order valence-corrected chi connectivity index (χ4v) is 12.7. The van der Waals surface area contributed by atoms with E-state index in [0.717, 1.165) is 94.4 Å². The van der Waals surface area contributed by atoms with Gasteiger partial charge in [0.2, 0.25) is 0 Å². The Morgan fingerprint density at radius 3 is 1.30 bits per heavy atom. The van der Waals surface area contributed by atoms with Crippen molar-refractivity contribution in [2.45, 2.75) is 151 Å². The standard InChI is InChI=1S/C50H54N2O4/c1-49(2)35-15-7-5-13-31(35)47(53)33-25-29(21-23-37(33)49)51-39-17-9-11-19-43(39)55-45-28-42-46(27-41(45)51)56-44-20-12-10-18-40(44)52(42)30-22-24-38-34(26-30)48(54)32-14-6-8-16-36(32)50(38,3)4/h5-8,13-16,21-26,39-46H,9-12,17-20,27-28H2,1-4H3. The van der Waals surface area contributed by atoms with E-state index < -0.39 is 0 Å². The van der Waals surface area contributed by atoms with Gasteiger partial charge in [0.05, 0.1) is 48.6 Å². The Bertz CT molecular complexity index is 2120. The quantitative estimate of drug-likeness (QED) is 0.204. The summed E-state index contributed by atoms with van der Waals surface area (Å²) in [4.78, 5) is 33.8. The van der Waals surface area contributed by atoms with E-state index in [2.05, 4.69) is 98.2 Å². The Labute approximate surface area is 331 Å². The maximum absolute atomic E-state index is 14.2. The third-order valence-electron chi connectivity index (χ3n) is 15.4. The summed E-state index contributed by atoms with van der Waals surface area (Å²) in [6, 6.07) is 30.7. The molecule has 6 nitrogen and oxygen atoms in total. The largest absolute Gasteiger partial charge is 0.371 e. The SMILES string of the molecule is CC1(C)c2ccccc2C(=O)c2cc(N3C4CCCCC4OC4CC5C(CC43)OC3CCCCC3N5c3ccc4c(c3)C(=O)c3ccccc3C4(C)C)ccc21. The number of nitrogens with zero attached hydrogens (tertiary/aromatic N) is 2. The first-order valence-corrected chi connectivity index (χ1v) is 21.6. The number of ether oxygens (including phenoxy) is 2. The van der Waals surface area contributed by atoms with Crippen molar-refractivity contribution in [1.82, 2.24) is 0 Å². The maximum atomic E-state index is 14.2. The Balaban J connectivity index is 0.975. The van der Waals surface area contributed by atoms with E-state index in [1.165, 1.54) is 25.7 Å². The van der Waals surface area contributed by atoms with Crippen LogP contribution in [0.2, 0.25) is 0 Å². The minimum Gasteiger partial charge on any atom is -0.371 e. The second-order valence-electron chi connectivity index (χ2n) is 19.0. The lowest BCUT2D eigenvalue weighted by atomic mass is 9.68. The highest BCUT2D eigenvalue weighted by Gasteiger charge is 2.55. The molecule has 4 aromatic carbocycles. The number of morpholine rings is 2.